The van der Waals surface area contributed by atoms with Gasteiger partial charge in [-0.3, -0.25) is 4.72 Å². The zero-order valence-electron chi connectivity index (χ0n) is 17.5. The highest BCUT2D eigenvalue weighted by atomic mass is 32.2. The van der Waals surface area contributed by atoms with Crippen LogP contribution in [0, 0.1) is 0 Å². The molecule has 0 fully saturated rings. The first-order valence-corrected chi connectivity index (χ1v) is 11.5. The highest BCUT2D eigenvalue weighted by Crippen LogP contribution is 2.28. The number of hydrogen-bond acceptors (Lipinski definition) is 4. The van der Waals surface area contributed by atoms with Crippen LogP contribution < -0.4 is 9.46 Å². The number of ether oxygens (including phenoxy) is 1. The predicted octanol–water partition coefficient (Wildman–Crippen LogP) is 4.80. The number of para-hydroxylation sites is 1. The summed E-state index contributed by atoms with van der Waals surface area (Å²) in [7, 11) is 0.324. The Morgan fingerprint density at radius 2 is 1.58 bits per heavy atom. The number of likely N-dealkylation sites (N-methyl/N-ethyl adjacent to an activating group) is 1. The highest BCUT2D eigenvalue weighted by molar-refractivity contribution is 7.92. The molecule has 0 saturated carbocycles. The molecule has 0 amide bonds. The minimum absolute atomic E-state index is 0.178. The Balaban J connectivity index is 1.54. The van der Waals surface area contributed by atoms with Gasteiger partial charge in [-0.05, 0) is 68.7 Å². The Bertz CT molecular complexity index is 1260. The molecule has 4 rings (SSSR count). The first kappa shape index (κ1) is 21.0. The average molecular weight is 436 g/mol. The number of nitrogens with zero attached hydrogens (tertiary/aromatic N) is 2. The number of anilines is 1. The van der Waals surface area contributed by atoms with Crippen molar-refractivity contribution in [3.8, 4) is 11.5 Å². The maximum atomic E-state index is 13.0. The van der Waals surface area contributed by atoms with E-state index in [4.69, 9.17) is 4.74 Å². The first-order chi connectivity index (χ1) is 14.9. The molecule has 7 heteroatoms. The van der Waals surface area contributed by atoms with Crippen molar-refractivity contribution >= 4 is 26.6 Å². The summed E-state index contributed by atoms with van der Waals surface area (Å²) in [5.41, 5.74) is 1.55. The molecule has 6 nitrogen and oxygen atoms in total. The Morgan fingerprint density at radius 3 is 2.29 bits per heavy atom. The number of benzene rings is 3. The fourth-order valence-corrected chi connectivity index (χ4v) is 4.41. The maximum absolute atomic E-state index is 13.0. The van der Waals surface area contributed by atoms with Gasteiger partial charge >= 0.3 is 0 Å². The third kappa shape index (κ3) is 4.90. The molecule has 0 saturated heterocycles. The van der Waals surface area contributed by atoms with E-state index in [9.17, 15) is 8.42 Å². The summed E-state index contributed by atoms with van der Waals surface area (Å²) in [5, 5.41) is 0.869. The molecule has 1 heterocycles. The number of rotatable bonds is 8. The number of nitrogens with one attached hydrogen (secondary N) is 1. The summed E-state index contributed by atoms with van der Waals surface area (Å²) in [6.45, 7) is 1.73. The lowest BCUT2D eigenvalue weighted by atomic mass is 10.2. The van der Waals surface area contributed by atoms with Gasteiger partial charge in [-0.1, -0.05) is 24.3 Å². The second-order valence-corrected chi connectivity index (χ2v) is 9.23. The second kappa shape index (κ2) is 8.83. The van der Waals surface area contributed by atoms with Crippen LogP contribution in [-0.4, -0.2) is 38.5 Å². The first-order valence-electron chi connectivity index (χ1n) is 10.0. The molecule has 4 aromatic rings. The molecule has 0 spiro atoms. The third-order valence-corrected chi connectivity index (χ3v) is 6.34. The largest absolute Gasteiger partial charge is 0.457 e. The van der Waals surface area contributed by atoms with E-state index in [0.717, 1.165) is 24.0 Å². The van der Waals surface area contributed by atoms with Crippen molar-refractivity contribution in [3.05, 3.63) is 85.1 Å². The summed E-state index contributed by atoms with van der Waals surface area (Å²) in [6, 6.07) is 23.3. The summed E-state index contributed by atoms with van der Waals surface area (Å²) in [5.74, 6) is 1.27. The number of sulfonamides is 1. The van der Waals surface area contributed by atoms with Crippen LogP contribution in [0.3, 0.4) is 0 Å². The molecule has 1 N–H and O–H groups in total. The van der Waals surface area contributed by atoms with Gasteiger partial charge in [0.25, 0.3) is 10.0 Å². The Hall–Kier alpha value is -3.29. The van der Waals surface area contributed by atoms with Crippen molar-refractivity contribution < 1.29 is 13.2 Å². The van der Waals surface area contributed by atoms with Gasteiger partial charge in [-0.25, -0.2) is 8.42 Å². The molecule has 0 aliphatic rings. The van der Waals surface area contributed by atoms with Crippen LogP contribution in [0.2, 0.25) is 0 Å². The predicted molar refractivity (Wildman–Crippen MR) is 124 cm³/mol. The minimum Gasteiger partial charge on any atom is -0.457 e. The lowest BCUT2D eigenvalue weighted by molar-refractivity contribution is 0.387. The average Bonchev–Trinajstić information content (AvgIpc) is 3.17. The van der Waals surface area contributed by atoms with Crippen molar-refractivity contribution in [2.24, 2.45) is 0 Å². The van der Waals surface area contributed by atoms with Crippen molar-refractivity contribution in [2.45, 2.75) is 11.4 Å². The molecule has 160 valence electrons. The van der Waals surface area contributed by atoms with Gasteiger partial charge < -0.3 is 14.2 Å². The molecular weight excluding hydrogens is 410 g/mol. The maximum Gasteiger partial charge on any atom is 0.261 e. The summed E-state index contributed by atoms with van der Waals surface area (Å²) >= 11 is 0. The molecule has 0 aliphatic carbocycles. The van der Waals surface area contributed by atoms with Crippen molar-refractivity contribution in [1.29, 1.82) is 0 Å². The van der Waals surface area contributed by atoms with Gasteiger partial charge in [0.2, 0.25) is 0 Å². The topological polar surface area (TPSA) is 63.6 Å². The molecule has 0 atom stereocenters. The monoisotopic (exact) mass is 435 g/mol. The Kier molecular flexibility index (Phi) is 5.97. The van der Waals surface area contributed by atoms with Gasteiger partial charge in [0.15, 0.2) is 0 Å². The standard InChI is InChI=1S/C24H25N3O3S/c1-26(2)17-18-27-16-15-22-23(9-6-10-24(22)27)25-31(28,29)21-13-11-20(12-14-21)30-19-7-4-3-5-8-19/h3-16,25H,17-18H2,1-2H3. The fraction of sp³-hybridized carbons (Fsp3) is 0.167. The van der Waals surface area contributed by atoms with Crippen LogP contribution in [0.1, 0.15) is 0 Å². The molecule has 0 bridgehead atoms. The molecule has 31 heavy (non-hydrogen) atoms. The zero-order chi connectivity index (χ0) is 21.8. The van der Waals surface area contributed by atoms with E-state index in [-0.39, 0.29) is 4.90 Å². The van der Waals surface area contributed by atoms with Crippen LogP contribution in [0.4, 0.5) is 5.69 Å². The number of fused-ring (bicyclic) bond motifs is 1. The van der Waals surface area contributed by atoms with Crippen molar-refractivity contribution in [2.75, 3.05) is 25.4 Å². The molecule has 0 unspecified atom stereocenters. The van der Waals surface area contributed by atoms with Gasteiger partial charge in [-0.15, -0.1) is 0 Å². The van der Waals surface area contributed by atoms with E-state index in [2.05, 4.69) is 14.2 Å². The summed E-state index contributed by atoms with van der Waals surface area (Å²) < 4.78 is 36.5. The minimum atomic E-state index is -3.73. The highest BCUT2D eigenvalue weighted by Gasteiger charge is 2.16. The van der Waals surface area contributed by atoms with E-state index in [0.29, 0.717) is 17.2 Å². The lowest BCUT2D eigenvalue weighted by Gasteiger charge is -2.13. The quantitative estimate of drug-likeness (QED) is 0.432. The third-order valence-electron chi connectivity index (χ3n) is 4.96. The van der Waals surface area contributed by atoms with Crippen LogP contribution in [-0.2, 0) is 16.6 Å². The Labute approximate surface area is 182 Å². The zero-order valence-corrected chi connectivity index (χ0v) is 18.3. The van der Waals surface area contributed by atoms with E-state index in [1.54, 1.807) is 30.3 Å². The Morgan fingerprint density at radius 1 is 0.871 bits per heavy atom. The van der Waals surface area contributed by atoms with Gasteiger partial charge in [0.05, 0.1) is 16.1 Å². The van der Waals surface area contributed by atoms with E-state index >= 15 is 0 Å². The summed E-state index contributed by atoms with van der Waals surface area (Å²) in [4.78, 5) is 2.29. The van der Waals surface area contributed by atoms with Gasteiger partial charge in [0.1, 0.15) is 11.5 Å². The molecule has 1 aromatic heterocycles. The smallest absolute Gasteiger partial charge is 0.261 e. The SMILES string of the molecule is CN(C)CCn1ccc2c(NS(=O)(=O)c3ccc(Oc4ccccc4)cc3)cccc21. The second-order valence-electron chi connectivity index (χ2n) is 7.54. The van der Waals surface area contributed by atoms with Crippen LogP contribution in [0.15, 0.2) is 90.0 Å². The van der Waals surface area contributed by atoms with Gasteiger partial charge in [-0.2, -0.15) is 0 Å². The summed E-state index contributed by atoms with van der Waals surface area (Å²) in [6.07, 6.45) is 1.99. The molecule has 3 aromatic carbocycles. The molecule has 0 radical (unpaired) electrons. The van der Waals surface area contributed by atoms with Crippen molar-refractivity contribution in [3.63, 3.8) is 0 Å². The van der Waals surface area contributed by atoms with Crippen molar-refractivity contribution in [1.82, 2.24) is 9.47 Å². The lowest BCUT2D eigenvalue weighted by Crippen LogP contribution is -2.18. The number of hydrogen-bond donors (Lipinski definition) is 1. The van der Waals surface area contributed by atoms with Gasteiger partial charge in [0, 0.05) is 24.7 Å². The van der Waals surface area contributed by atoms with E-state index < -0.39 is 10.0 Å². The number of aromatic nitrogens is 1. The van der Waals surface area contributed by atoms with E-state index in [1.807, 2.05) is 68.8 Å². The van der Waals surface area contributed by atoms with Crippen LogP contribution in [0.5, 0.6) is 11.5 Å². The van der Waals surface area contributed by atoms with Crippen LogP contribution in [0.25, 0.3) is 10.9 Å². The molecule has 0 aliphatic heterocycles. The molecular formula is C24H25N3O3S. The van der Waals surface area contributed by atoms with Crippen LogP contribution >= 0.6 is 0 Å². The van der Waals surface area contributed by atoms with E-state index in [1.165, 1.54) is 0 Å². The normalized spacial score (nSPS) is 11.7. The fourth-order valence-electron chi connectivity index (χ4n) is 3.33.